The topological polar surface area (TPSA) is 122 Å². The minimum absolute atomic E-state index is 0.00310. The Balaban J connectivity index is 1.28. The fourth-order valence-corrected chi connectivity index (χ4v) is 7.29. The van der Waals surface area contributed by atoms with Gasteiger partial charge in [0.25, 0.3) is 15.9 Å². The highest BCUT2D eigenvalue weighted by molar-refractivity contribution is 7.91. The van der Waals surface area contributed by atoms with Gasteiger partial charge < -0.3 is 15.2 Å². The van der Waals surface area contributed by atoms with Crippen molar-refractivity contribution in [2.45, 2.75) is 28.6 Å². The molecular formula is C29H25ClN2O6S2. The molecule has 11 heteroatoms. The van der Waals surface area contributed by atoms with E-state index in [0.717, 1.165) is 22.5 Å². The number of amides is 1. The van der Waals surface area contributed by atoms with Gasteiger partial charge >= 0.3 is 5.97 Å². The van der Waals surface area contributed by atoms with Crippen LogP contribution in [-0.2, 0) is 26.2 Å². The molecule has 0 spiro atoms. The minimum Gasteiger partial charge on any atom is -0.483 e. The largest absolute Gasteiger partial charge is 0.483 e. The molecule has 4 aromatic rings. The zero-order valence-corrected chi connectivity index (χ0v) is 23.4. The van der Waals surface area contributed by atoms with E-state index in [4.69, 9.17) is 16.3 Å². The lowest BCUT2D eigenvalue weighted by atomic mass is 10.1. The number of aliphatic carboxylic acids is 1. The van der Waals surface area contributed by atoms with Crippen molar-refractivity contribution >= 4 is 44.8 Å². The lowest BCUT2D eigenvalue weighted by molar-refractivity contribution is -0.140. The molecule has 0 aliphatic heterocycles. The van der Waals surface area contributed by atoms with Crippen molar-refractivity contribution in [1.82, 2.24) is 10.0 Å². The monoisotopic (exact) mass is 596 g/mol. The summed E-state index contributed by atoms with van der Waals surface area (Å²) < 4.78 is 34.8. The average Bonchev–Trinajstić information content (AvgIpc) is 3.43. The Morgan fingerprint density at radius 1 is 0.975 bits per heavy atom. The van der Waals surface area contributed by atoms with Crippen LogP contribution in [0.25, 0.3) is 10.4 Å². The minimum atomic E-state index is -4.15. The Hall–Kier alpha value is -3.70. The molecule has 0 bridgehead atoms. The molecule has 40 heavy (non-hydrogen) atoms. The molecule has 1 aliphatic rings. The van der Waals surface area contributed by atoms with Crippen LogP contribution < -0.4 is 14.8 Å². The van der Waals surface area contributed by atoms with Crippen molar-refractivity contribution in [1.29, 1.82) is 0 Å². The molecule has 1 heterocycles. The number of thiophene rings is 1. The molecule has 1 fully saturated rings. The van der Waals surface area contributed by atoms with E-state index >= 15 is 0 Å². The third-order valence-corrected chi connectivity index (χ3v) is 10.0. The predicted octanol–water partition coefficient (Wildman–Crippen LogP) is 5.05. The van der Waals surface area contributed by atoms with Gasteiger partial charge in [0.1, 0.15) is 15.5 Å². The van der Waals surface area contributed by atoms with Gasteiger partial charge in [0.15, 0.2) is 6.61 Å². The first-order valence-electron chi connectivity index (χ1n) is 12.3. The molecular weight excluding hydrogens is 572 g/mol. The van der Waals surface area contributed by atoms with Crippen molar-refractivity contribution in [2.75, 3.05) is 6.61 Å². The fraction of sp³-hybridized carbons (Fsp3) is 0.172. The highest BCUT2D eigenvalue weighted by Gasteiger charge is 2.64. The standard InChI is InChI=1S/C29H25ClN2O6S2/c30-21-12-10-20(11-13-21)25-14-15-27(39-25)40(36,37)32-29(28(34)35)16-23(29)22-8-4-5-9-24(22)38-18-26(33)31-17-19-6-2-1-3-7-19/h1-15,23,32H,16-18H2,(H,31,33)(H,34,35)/t23-,29?/m0/s1. The van der Waals surface area contributed by atoms with E-state index in [1.165, 1.54) is 6.07 Å². The summed E-state index contributed by atoms with van der Waals surface area (Å²) in [5.74, 6) is -1.98. The van der Waals surface area contributed by atoms with Gasteiger partial charge in [-0.1, -0.05) is 72.3 Å². The predicted molar refractivity (Wildman–Crippen MR) is 153 cm³/mol. The van der Waals surface area contributed by atoms with Crippen LogP contribution in [0.5, 0.6) is 5.75 Å². The second-order valence-electron chi connectivity index (χ2n) is 9.35. The van der Waals surface area contributed by atoms with Gasteiger partial charge in [-0.05, 0) is 53.4 Å². The number of carbonyl (C=O) groups is 2. The SMILES string of the molecule is O=C(COc1ccccc1[C@@H]1CC1(NS(=O)(=O)c1ccc(-c2ccc(Cl)cc2)s1)C(=O)O)NCc1ccccc1. The van der Waals surface area contributed by atoms with Crippen molar-refractivity contribution in [3.63, 3.8) is 0 Å². The zero-order chi connectivity index (χ0) is 28.3. The molecule has 1 aromatic heterocycles. The van der Waals surface area contributed by atoms with E-state index in [1.807, 2.05) is 30.3 Å². The molecule has 1 aliphatic carbocycles. The Morgan fingerprint density at radius 2 is 1.68 bits per heavy atom. The maximum atomic E-state index is 13.3. The van der Waals surface area contributed by atoms with Gasteiger partial charge in [0.05, 0.1) is 0 Å². The van der Waals surface area contributed by atoms with Gasteiger partial charge in [0, 0.05) is 22.4 Å². The van der Waals surface area contributed by atoms with Crippen molar-refractivity contribution in [2.24, 2.45) is 0 Å². The van der Waals surface area contributed by atoms with E-state index in [-0.39, 0.29) is 23.1 Å². The lowest BCUT2D eigenvalue weighted by Crippen LogP contribution is -2.44. The van der Waals surface area contributed by atoms with Crippen LogP contribution in [0.3, 0.4) is 0 Å². The first-order chi connectivity index (χ1) is 19.2. The van der Waals surface area contributed by atoms with E-state index in [2.05, 4.69) is 10.0 Å². The zero-order valence-electron chi connectivity index (χ0n) is 21.0. The Kier molecular flexibility index (Phi) is 7.95. The van der Waals surface area contributed by atoms with Crippen molar-refractivity contribution in [3.05, 3.63) is 107 Å². The van der Waals surface area contributed by atoms with Crippen LogP contribution in [-0.4, -0.2) is 37.5 Å². The van der Waals surface area contributed by atoms with Crippen LogP contribution in [0.4, 0.5) is 0 Å². The Labute approximate surface area is 240 Å². The third kappa shape index (κ3) is 6.05. The van der Waals surface area contributed by atoms with Gasteiger partial charge in [-0.2, -0.15) is 4.72 Å². The number of nitrogens with one attached hydrogen (secondary N) is 2. The van der Waals surface area contributed by atoms with E-state index in [1.54, 1.807) is 54.6 Å². The number of carboxylic acids is 1. The van der Waals surface area contributed by atoms with Crippen LogP contribution >= 0.6 is 22.9 Å². The first kappa shape index (κ1) is 27.9. The second kappa shape index (κ2) is 11.4. The molecule has 1 unspecified atom stereocenters. The first-order valence-corrected chi connectivity index (χ1v) is 15.0. The highest BCUT2D eigenvalue weighted by Crippen LogP contribution is 2.55. The van der Waals surface area contributed by atoms with Crippen LogP contribution in [0, 0.1) is 0 Å². The van der Waals surface area contributed by atoms with Crippen LogP contribution in [0.1, 0.15) is 23.5 Å². The molecule has 0 radical (unpaired) electrons. The van der Waals surface area contributed by atoms with Gasteiger partial charge in [-0.25, -0.2) is 8.42 Å². The van der Waals surface area contributed by atoms with Crippen LogP contribution in [0.2, 0.25) is 5.02 Å². The number of hydrogen-bond donors (Lipinski definition) is 3. The summed E-state index contributed by atoms with van der Waals surface area (Å²) in [5, 5.41) is 13.4. The van der Waals surface area contributed by atoms with Gasteiger partial charge in [0.2, 0.25) is 0 Å². The molecule has 206 valence electrons. The summed E-state index contributed by atoms with van der Waals surface area (Å²) in [7, 11) is -4.15. The number of rotatable bonds is 11. The summed E-state index contributed by atoms with van der Waals surface area (Å²) >= 11 is 6.98. The normalized spacial score (nSPS) is 18.2. The summed E-state index contributed by atoms with van der Waals surface area (Å²) in [6.07, 6.45) is 0.0392. The average molecular weight is 597 g/mol. The molecule has 0 saturated heterocycles. The molecule has 3 aromatic carbocycles. The molecule has 1 amide bonds. The van der Waals surface area contributed by atoms with E-state index in [9.17, 15) is 23.1 Å². The van der Waals surface area contributed by atoms with Gasteiger partial charge in [-0.15, -0.1) is 11.3 Å². The summed E-state index contributed by atoms with van der Waals surface area (Å²) in [6.45, 7) is 0.0741. The number of hydrogen-bond acceptors (Lipinski definition) is 6. The van der Waals surface area contributed by atoms with Crippen molar-refractivity contribution in [3.8, 4) is 16.2 Å². The maximum Gasteiger partial charge on any atom is 0.325 e. The third-order valence-electron chi connectivity index (χ3n) is 6.62. The number of ether oxygens (including phenoxy) is 1. The molecule has 8 nitrogen and oxygen atoms in total. The number of para-hydroxylation sites is 1. The number of benzene rings is 3. The smallest absolute Gasteiger partial charge is 0.325 e. The molecule has 2 atom stereocenters. The summed E-state index contributed by atoms with van der Waals surface area (Å²) in [6, 6.07) is 26.3. The summed E-state index contributed by atoms with van der Waals surface area (Å²) in [4.78, 5) is 25.5. The number of carboxylic acid groups (broad SMARTS) is 1. The molecule has 5 rings (SSSR count). The van der Waals surface area contributed by atoms with Crippen molar-refractivity contribution < 1.29 is 27.9 Å². The summed E-state index contributed by atoms with van der Waals surface area (Å²) in [5.41, 5.74) is 0.514. The molecule has 1 saturated carbocycles. The fourth-order valence-electron chi connectivity index (χ4n) is 4.45. The Morgan fingerprint density at radius 3 is 2.40 bits per heavy atom. The lowest BCUT2D eigenvalue weighted by Gasteiger charge is -2.17. The number of carbonyl (C=O) groups excluding carboxylic acids is 1. The quantitative estimate of drug-likeness (QED) is 0.223. The maximum absolute atomic E-state index is 13.3. The van der Waals surface area contributed by atoms with E-state index < -0.39 is 27.4 Å². The Bertz CT molecular complexity index is 1640. The van der Waals surface area contributed by atoms with Crippen LogP contribution in [0.15, 0.2) is 95.2 Å². The second-order valence-corrected chi connectivity index (χ2v) is 12.8. The highest BCUT2D eigenvalue weighted by atomic mass is 35.5. The number of sulfonamides is 1. The van der Waals surface area contributed by atoms with E-state index in [0.29, 0.717) is 27.8 Å². The molecule has 3 N–H and O–H groups in total. The van der Waals surface area contributed by atoms with Gasteiger partial charge in [-0.3, -0.25) is 9.59 Å². The number of halogens is 1.